The number of carboxylic acid groups (broad SMARTS) is 1. The average molecular weight is 314 g/mol. The highest BCUT2D eigenvalue weighted by atomic mass is 32.2. The molecule has 7 heteroatoms. The first-order chi connectivity index (χ1) is 9.80. The zero-order chi connectivity index (χ0) is 16.5. The predicted molar refractivity (Wildman–Crippen MR) is 82.9 cm³/mol. The van der Waals surface area contributed by atoms with Crippen molar-refractivity contribution >= 4 is 29.5 Å². The lowest BCUT2D eigenvalue weighted by Gasteiger charge is -2.27. The van der Waals surface area contributed by atoms with Crippen LogP contribution >= 0.6 is 11.8 Å². The number of carbonyl (C=O) groups excluding carboxylic acids is 2. The van der Waals surface area contributed by atoms with Gasteiger partial charge in [-0.3, -0.25) is 9.59 Å². The van der Waals surface area contributed by atoms with Crippen molar-refractivity contribution in [3.8, 4) is 12.3 Å². The quantitative estimate of drug-likeness (QED) is 0.542. The molecule has 1 unspecified atom stereocenters. The van der Waals surface area contributed by atoms with Gasteiger partial charge in [-0.2, -0.15) is 0 Å². The van der Waals surface area contributed by atoms with Crippen LogP contribution in [0.25, 0.3) is 0 Å². The second kappa shape index (κ2) is 9.29. The zero-order valence-electron chi connectivity index (χ0n) is 12.6. The normalized spacial score (nSPS) is 12.1. The first-order valence-electron chi connectivity index (χ1n) is 6.66. The van der Waals surface area contributed by atoms with E-state index in [1.54, 1.807) is 0 Å². The fourth-order valence-corrected chi connectivity index (χ4v) is 2.50. The Balaban J connectivity index is 4.34. The second-order valence-corrected chi connectivity index (χ2v) is 5.62. The summed E-state index contributed by atoms with van der Waals surface area (Å²) in [6.45, 7) is 5.04. The smallest absolute Gasteiger partial charge is 0.327 e. The van der Waals surface area contributed by atoms with Gasteiger partial charge in [-0.15, -0.1) is 18.2 Å². The molecule has 0 bridgehead atoms. The van der Waals surface area contributed by atoms with Gasteiger partial charge >= 0.3 is 5.97 Å². The minimum absolute atomic E-state index is 0.0901. The van der Waals surface area contributed by atoms with Crippen molar-refractivity contribution in [1.29, 1.82) is 0 Å². The maximum atomic E-state index is 11.8. The minimum Gasteiger partial charge on any atom is -0.480 e. The van der Waals surface area contributed by atoms with Gasteiger partial charge < -0.3 is 15.7 Å². The van der Waals surface area contributed by atoms with Crippen molar-refractivity contribution in [2.75, 3.05) is 11.5 Å². The summed E-state index contributed by atoms with van der Waals surface area (Å²) in [5, 5.41) is 14.0. The van der Waals surface area contributed by atoms with E-state index in [4.69, 9.17) is 11.5 Å². The van der Waals surface area contributed by atoms with Gasteiger partial charge in [0.05, 0.1) is 5.75 Å². The van der Waals surface area contributed by atoms with Gasteiger partial charge in [-0.05, 0) is 12.8 Å². The van der Waals surface area contributed by atoms with Gasteiger partial charge in [0.2, 0.25) is 11.8 Å². The molecule has 21 heavy (non-hydrogen) atoms. The molecule has 0 spiro atoms. The molecule has 1 atom stereocenters. The maximum absolute atomic E-state index is 11.8. The number of carbonyl (C=O) groups is 3. The number of hydrogen-bond acceptors (Lipinski definition) is 4. The first kappa shape index (κ1) is 19.3. The van der Waals surface area contributed by atoms with E-state index in [0.717, 1.165) is 11.8 Å². The van der Waals surface area contributed by atoms with Crippen LogP contribution in [0.4, 0.5) is 0 Å². The fraction of sp³-hybridized carbons (Fsp3) is 0.643. The van der Waals surface area contributed by atoms with Gasteiger partial charge in [0.25, 0.3) is 0 Å². The summed E-state index contributed by atoms with van der Waals surface area (Å²) in [4.78, 5) is 33.6. The summed E-state index contributed by atoms with van der Waals surface area (Å²) in [6.07, 6.45) is 6.70. The van der Waals surface area contributed by atoms with Crippen LogP contribution in [0.3, 0.4) is 0 Å². The lowest BCUT2D eigenvalue weighted by molar-refractivity contribution is -0.140. The Kier molecular flexibility index (Phi) is 8.55. The van der Waals surface area contributed by atoms with E-state index in [9.17, 15) is 14.4 Å². The Labute approximate surface area is 129 Å². The van der Waals surface area contributed by atoms with Gasteiger partial charge in [0.15, 0.2) is 0 Å². The Morgan fingerprint density at radius 2 is 1.90 bits per heavy atom. The topological polar surface area (TPSA) is 95.5 Å². The van der Waals surface area contributed by atoms with E-state index in [1.165, 1.54) is 6.92 Å². The Hall–Kier alpha value is -1.68. The number of rotatable bonds is 9. The summed E-state index contributed by atoms with van der Waals surface area (Å²) in [6, 6.07) is -1.00. The molecule has 0 radical (unpaired) electrons. The summed E-state index contributed by atoms with van der Waals surface area (Å²) in [5.74, 6) is 1.01. The molecule has 0 saturated carbocycles. The Morgan fingerprint density at radius 1 is 1.33 bits per heavy atom. The number of thioether (sulfide) groups is 1. The number of terminal acetylenes is 1. The molecular weight excluding hydrogens is 292 g/mol. The highest BCUT2D eigenvalue weighted by molar-refractivity contribution is 8.00. The first-order valence-corrected chi connectivity index (χ1v) is 7.82. The molecule has 0 aliphatic carbocycles. The van der Waals surface area contributed by atoms with Crippen LogP contribution in [-0.2, 0) is 14.4 Å². The van der Waals surface area contributed by atoms with E-state index < -0.39 is 23.5 Å². The highest BCUT2D eigenvalue weighted by Gasteiger charge is 2.25. The van der Waals surface area contributed by atoms with Gasteiger partial charge in [-0.1, -0.05) is 19.8 Å². The molecule has 2 amide bonds. The highest BCUT2D eigenvalue weighted by Crippen LogP contribution is 2.14. The number of hydrogen-bond donors (Lipinski definition) is 3. The molecule has 0 saturated heterocycles. The monoisotopic (exact) mass is 314 g/mol. The number of nitrogens with one attached hydrogen (secondary N) is 2. The molecular formula is C14H22N2O4S. The van der Waals surface area contributed by atoms with Crippen LogP contribution in [0.15, 0.2) is 0 Å². The summed E-state index contributed by atoms with van der Waals surface area (Å²) >= 11 is 1.14. The van der Waals surface area contributed by atoms with Crippen LogP contribution < -0.4 is 10.6 Å². The summed E-state index contributed by atoms with van der Waals surface area (Å²) in [5.41, 5.74) is -0.651. The van der Waals surface area contributed by atoms with Gasteiger partial charge in [0.1, 0.15) is 11.6 Å². The van der Waals surface area contributed by atoms with E-state index in [0.29, 0.717) is 12.8 Å². The standard InChI is InChI=1S/C14H22N2O4S/c1-5-14(6-2,7-3)16-12(18)9-21-8-11(13(19)20)15-10(4)17/h1,11H,6-9H2,2-4H3,(H,15,17)(H,16,18)(H,19,20). The van der Waals surface area contributed by atoms with Crippen molar-refractivity contribution in [1.82, 2.24) is 10.6 Å². The summed E-state index contributed by atoms with van der Waals surface area (Å²) in [7, 11) is 0. The Morgan fingerprint density at radius 3 is 2.29 bits per heavy atom. The van der Waals surface area contributed by atoms with Crippen molar-refractivity contribution in [2.45, 2.75) is 45.2 Å². The van der Waals surface area contributed by atoms with Crippen LogP contribution in [-0.4, -0.2) is 46.0 Å². The number of carboxylic acids is 1. The third kappa shape index (κ3) is 7.04. The molecule has 3 N–H and O–H groups in total. The van der Waals surface area contributed by atoms with Gasteiger partial charge in [0, 0.05) is 12.7 Å². The average Bonchev–Trinajstić information content (AvgIpc) is 2.43. The third-order valence-corrected chi connectivity index (χ3v) is 4.09. The molecule has 0 aromatic rings. The largest absolute Gasteiger partial charge is 0.480 e. The van der Waals surface area contributed by atoms with Crippen LogP contribution in [0, 0.1) is 12.3 Å². The molecule has 0 aromatic carbocycles. The number of amides is 2. The van der Waals surface area contributed by atoms with E-state index >= 15 is 0 Å². The molecule has 0 aliphatic rings. The molecule has 118 valence electrons. The molecule has 0 rings (SSSR count). The molecule has 0 fully saturated rings. The number of aliphatic carboxylic acids is 1. The molecule has 6 nitrogen and oxygen atoms in total. The molecule has 0 aromatic heterocycles. The third-order valence-electron chi connectivity index (χ3n) is 3.06. The fourth-order valence-electron chi connectivity index (χ4n) is 1.66. The van der Waals surface area contributed by atoms with Crippen LogP contribution in [0.1, 0.15) is 33.6 Å². The summed E-state index contributed by atoms with van der Waals surface area (Å²) < 4.78 is 0. The van der Waals surface area contributed by atoms with Gasteiger partial charge in [-0.25, -0.2) is 4.79 Å². The predicted octanol–water partition coefficient (Wildman–Crippen LogP) is 0.617. The molecule has 0 heterocycles. The molecule has 0 aliphatic heterocycles. The van der Waals surface area contributed by atoms with Crippen molar-refractivity contribution in [3.63, 3.8) is 0 Å². The minimum atomic E-state index is -1.13. The van der Waals surface area contributed by atoms with Crippen LogP contribution in [0.5, 0.6) is 0 Å². The second-order valence-electron chi connectivity index (χ2n) is 4.59. The van der Waals surface area contributed by atoms with Crippen LogP contribution in [0.2, 0.25) is 0 Å². The van der Waals surface area contributed by atoms with Crippen molar-refractivity contribution in [3.05, 3.63) is 0 Å². The lowest BCUT2D eigenvalue weighted by Crippen LogP contribution is -2.47. The zero-order valence-corrected chi connectivity index (χ0v) is 13.4. The SMILES string of the molecule is C#CC(CC)(CC)NC(=O)CSCC(NC(C)=O)C(=O)O. The van der Waals surface area contributed by atoms with E-state index in [-0.39, 0.29) is 17.4 Å². The van der Waals surface area contributed by atoms with E-state index in [1.807, 2.05) is 13.8 Å². The Bertz CT molecular complexity index is 427. The maximum Gasteiger partial charge on any atom is 0.327 e. The van der Waals surface area contributed by atoms with Crippen molar-refractivity contribution < 1.29 is 19.5 Å². The van der Waals surface area contributed by atoms with E-state index in [2.05, 4.69) is 16.6 Å². The van der Waals surface area contributed by atoms with Crippen molar-refractivity contribution in [2.24, 2.45) is 0 Å². The lowest BCUT2D eigenvalue weighted by atomic mass is 9.94.